The zero-order valence-corrected chi connectivity index (χ0v) is 12.6. The van der Waals surface area contributed by atoms with Crippen molar-refractivity contribution in [3.8, 4) is 0 Å². The van der Waals surface area contributed by atoms with Gasteiger partial charge in [-0.05, 0) is 44.6 Å². The zero-order valence-electron chi connectivity index (χ0n) is 12.6. The van der Waals surface area contributed by atoms with Gasteiger partial charge in [-0.15, -0.1) is 0 Å². The molecule has 0 amide bonds. The minimum Gasteiger partial charge on any atom is -0.432 e. The third-order valence-corrected chi connectivity index (χ3v) is 4.76. The van der Waals surface area contributed by atoms with Crippen molar-refractivity contribution >= 4 is 6.01 Å². The highest BCUT2D eigenvalue weighted by Gasteiger charge is 2.35. The maximum absolute atomic E-state index is 5.76. The molecule has 1 N–H and O–H groups in total. The minimum absolute atomic E-state index is 0.674. The molecule has 1 aliphatic carbocycles. The molecule has 20 heavy (non-hydrogen) atoms. The Kier molecular flexibility index (Phi) is 4.61. The summed E-state index contributed by atoms with van der Waals surface area (Å²) in [5, 5.41) is 3.38. The van der Waals surface area contributed by atoms with E-state index in [2.05, 4.69) is 17.1 Å². The highest BCUT2D eigenvalue weighted by Crippen LogP contribution is 2.37. The standard InChI is InChI=1S/C16H27N3O/c1-2-9-17-11-14-12-20-16(18-14)19-10-5-7-13-6-3-4-8-15(13)19/h12-13,15,17H,2-11H2,1H3/t13-,15-/m1/s1. The number of anilines is 1. The highest BCUT2D eigenvalue weighted by atomic mass is 16.4. The van der Waals surface area contributed by atoms with Crippen molar-refractivity contribution in [3.63, 3.8) is 0 Å². The van der Waals surface area contributed by atoms with Crippen molar-refractivity contribution in [2.24, 2.45) is 5.92 Å². The molecule has 0 unspecified atom stereocenters. The summed E-state index contributed by atoms with van der Waals surface area (Å²) in [7, 11) is 0. The molecular weight excluding hydrogens is 250 g/mol. The first-order valence-electron chi connectivity index (χ1n) is 8.30. The number of nitrogens with one attached hydrogen (secondary N) is 1. The van der Waals surface area contributed by atoms with Crippen LogP contribution >= 0.6 is 0 Å². The van der Waals surface area contributed by atoms with E-state index in [9.17, 15) is 0 Å². The van der Waals surface area contributed by atoms with Crippen LogP contribution < -0.4 is 10.2 Å². The Morgan fingerprint density at radius 2 is 2.15 bits per heavy atom. The van der Waals surface area contributed by atoms with Gasteiger partial charge >= 0.3 is 0 Å². The maximum atomic E-state index is 5.76. The number of hydrogen-bond donors (Lipinski definition) is 1. The Hall–Kier alpha value is -1.03. The lowest BCUT2D eigenvalue weighted by Crippen LogP contribution is -2.47. The van der Waals surface area contributed by atoms with E-state index in [0.29, 0.717) is 6.04 Å². The van der Waals surface area contributed by atoms with E-state index < -0.39 is 0 Å². The van der Waals surface area contributed by atoms with E-state index in [1.54, 1.807) is 0 Å². The molecule has 4 heteroatoms. The van der Waals surface area contributed by atoms with Crippen molar-refractivity contribution in [1.82, 2.24) is 10.3 Å². The lowest BCUT2D eigenvalue weighted by Gasteiger charge is -2.43. The molecule has 2 heterocycles. The van der Waals surface area contributed by atoms with Gasteiger partial charge in [-0.1, -0.05) is 19.8 Å². The first-order valence-corrected chi connectivity index (χ1v) is 8.30. The average molecular weight is 277 g/mol. The molecule has 1 aromatic rings. The smallest absolute Gasteiger partial charge is 0.297 e. The quantitative estimate of drug-likeness (QED) is 0.838. The molecule has 0 radical (unpaired) electrons. The molecule has 0 aromatic carbocycles. The molecule has 1 saturated carbocycles. The predicted octanol–water partition coefficient (Wildman–Crippen LogP) is 3.33. The second-order valence-corrected chi connectivity index (χ2v) is 6.25. The molecule has 112 valence electrons. The largest absolute Gasteiger partial charge is 0.432 e. The second-order valence-electron chi connectivity index (χ2n) is 6.25. The van der Waals surface area contributed by atoms with Crippen LogP contribution in [0.2, 0.25) is 0 Å². The minimum atomic E-state index is 0.674. The van der Waals surface area contributed by atoms with Gasteiger partial charge in [0.2, 0.25) is 0 Å². The second kappa shape index (κ2) is 6.61. The lowest BCUT2D eigenvalue weighted by molar-refractivity contribution is 0.235. The third-order valence-electron chi connectivity index (χ3n) is 4.76. The highest BCUT2D eigenvalue weighted by molar-refractivity contribution is 5.31. The van der Waals surface area contributed by atoms with Gasteiger partial charge in [0.1, 0.15) is 6.26 Å². The Labute approximate surface area is 121 Å². The molecule has 2 aliphatic rings. The number of rotatable bonds is 5. The van der Waals surface area contributed by atoms with Gasteiger partial charge in [0, 0.05) is 19.1 Å². The fourth-order valence-electron chi connectivity index (χ4n) is 3.76. The number of oxazole rings is 1. The van der Waals surface area contributed by atoms with E-state index >= 15 is 0 Å². The summed E-state index contributed by atoms with van der Waals surface area (Å²) in [5.41, 5.74) is 1.03. The number of piperidine rings is 1. The summed E-state index contributed by atoms with van der Waals surface area (Å²) in [6, 6.07) is 1.53. The van der Waals surface area contributed by atoms with Crippen LogP contribution in [0.5, 0.6) is 0 Å². The van der Waals surface area contributed by atoms with Crippen LogP contribution in [0.25, 0.3) is 0 Å². The van der Waals surface area contributed by atoms with Crippen LogP contribution in [0.1, 0.15) is 57.6 Å². The molecule has 1 aliphatic heterocycles. The van der Waals surface area contributed by atoms with Crippen molar-refractivity contribution in [2.75, 3.05) is 18.0 Å². The summed E-state index contributed by atoms with van der Waals surface area (Å²) < 4.78 is 5.76. The van der Waals surface area contributed by atoms with Gasteiger partial charge in [-0.3, -0.25) is 0 Å². The predicted molar refractivity (Wildman–Crippen MR) is 80.8 cm³/mol. The average Bonchev–Trinajstić information content (AvgIpc) is 2.96. The van der Waals surface area contributed by atoms with E-state index in [1.807, 2.05) is 6.26 Å². The van der Waals surface area contributed by atoms with E-state index in [0.717, 1.165) is 43.7 Å². The SMILES string of the molecule is CCCNCc1coc(N2CCC[C@H]3CCCC[C@H]32)n1. The van der Waals surface area contributed by atoms with Crippen LogP contribution in [0.3, 0.4) is 0 Å². The van der Waals surface area contributed by atoms with Gasteiger partial charge in [0.15, 0.2) is 0 Å². The zero-order chi connectivity index (χ0) is 13.8. The van der Waals surface area contributed by atoms with Gasteiger partial charge < -0.3 is 14.6 Å². The third kappa shape index (κ3) is 3.00. The molecule has 1 saturated heterocycles. The van der Waals surface area contributed by atoms with Crippen LogP contribution in [-0.4, -0.2) is 24.1 Å². The number of fused-ring (bicyclic) bond motifs is 1. The molecule has 4 nitrogen and oxygen atoms in total. The molecule has 2 fully saturated rings. The van der Waals surface area contributed by atoms with Gasteiger partial charge in [-0.2, -0.15) is 4.98 Å². The van der Waals surface area contributed by atoms with Crippen molar-refractivity contribution < 1.29 is 4.42 Å². The van der Waals surface area contributed by atoms with Crippen molar-refractivity contribution in [3.05, 3.63) is 12.0 Å². The van der Waals surface area contributed by atoms with E-state index in [4.69, 9.17) is 9.40 Å². The molecular formula is C16H27N3O. The molecule has 3 rings (SSSR count). The summed E-state index contributed by atoms with van der Waals surface area (Å²) in [6.45, 7) is 5.15. The van der Waals surface area contributed by atoms with E-state index in [-0.39, 0.29) is 0 Å². The molecule has 0 spiro atoms. The summed E-state index contributed by atoms with van der Waals surface area (Å²) in [5.74, 6) is 0.867. The van der Waals surface area contributed by atoms with Crippen molar-refractivity contribution in [2.45, 2.75) is 64.5 Å². The number of hydrogen-bond acceptors (Lipinski definition) is 4. The topological polar surface area (TPSA) is 41.3 Å². The fourth-order valence-corrected chi connectivity index (χ4v) is 3.76. The summed E-state index contributed by atoms with van der Waals surface area (Å²) in [6.07, 6.45) is 11.1. The molecule has 1 aromatic heterocycles. The fraction of sp³-hybridized carbons (Fsp3) is 0.812. The van der Waals surface area contributed by atoms with Crippen molar-refractivity contribution in [1.29, 1.82) is 0 Å². The normalized spacial score (nSPS) is 26.6. The first-order chi connectivity index (χ1) is 9.88. The number of nitrogens with zero attached hydrogens (tertiary/aromatic N) is 2. The van der Waals surface area contributed by atoms with Gasteiger partial charge in [-0.25, -0.2) is 0 Å². The van der Waals surface area contributed by atoms with Crippen LogP contribution in [0, 0.1) is 5.92 Å². The molecule has 0 bridgehead atoms. The van der Waals surface area contributed by atoms with Gasteiger partial charge in [0.25, 0.3) is 6.01 Å². The Morgan fingerprint density at radius 1 is 1.30 bits per heavy atom. The number of aromatic nitrogens is 1. The van der Waals surface area contributed by atoms with Gasteiger partial charge in [0.05, 0.1) is 5.69 Å². The van der Waals surface area contributed by atoms with Crippen LogP contribution in [-0.2, 0) is 6.54 Å². The maximum Gasteiger partial charge on any atom is 0.297 e. The van der Waals surface area contributed by atoms with Crippen LogP contribution in [0.15, 0.2) is 10.7 Å². The Bertz CT molecular complexity index is 416. The van der Waals surface area contributed by atoms with Crippen LogP contribution in [0.4, 0.5) is 6.01 Å². The summed E-state index contributed by atoms with van der Waals surface area (Å²) in [4.78, 5) is 7.13. The Morgan fingerprint density at radius 3 is 3.05 bits per heavy atom. The lowest BCUT2D eigenvalue weighted by atomic mass is 9.78. The Balaban J connectivity index is 1.65. The monoisotopic (exact) mass is 277 g/mol. The van der Waals surface area contributed by atoms with E-state index in [1.165, 1.54) is 38.5 Å². The summed E-state index contributed by atoms with van der Waals surface area (Å²) >= 11 is 0. The molecule has 2 atom stereocenters. The first kappa shape index (κ1) is 13.9.